The first-order chi connectivity index (χ1) is 13.6. The molecule has 1 aromatic rings. The molecule has 2 fully saturated rings. The largest absolute Gasteiger partial charge is 0.493 e. The van der Waals surface area contributed by atoms with Crippen LogP contribution in [0.5, 0.6) is 11.5 Å². The van der Waals surface area contributed by atoms with Gasteiger partial charge in [0.15, 0.2) is 11.5 Å². The van der Waals surface area contributed by atoms with E-state index in [-0.39, 0.29) is 29.9 Å². The Labute approximate surface area is 164 Å². The van der Waals surface area contributed by atoms with Crippen molar-refractivity contribution in [3.63, 3.8) is 0 Å². The fourth-order valence-corrected chi connectivity index (χ4v) is 3.78. The summed E-state index contributed by atoms with van der Waals surface area (Å²) < 4.78 is 11.2. The molecule has 2 amide bonds. The third-order valence-corrected chi connectivity index (χ3v) is 5.32. The van der Waals surface area contributed by atoms with Gasteiger partial charge >= 0.3 is 0 Å². The molecule has 3 atom stereocenters. The van der Waals surface area contributed by atoms with Crippen molar-refractivity contribution in [2.24, 2.45) is 0 Å². The molecule has 3 rings (SSSR count). The summed E-state index contributed by atoms with van der Waals surface area (Å²) in [4.78, 5) is 26.2. The first kappa shape index (κ1) is 20.0. The fraction of sp³-hybridized carbons (Fsp3) is 0.550. The maximum atomic E-state index is 12.7. The minimum atomic E-state index is -0.304. The summed E-state index contributed by atoms with van der Waals surface area (Å²) in [6, 6.07) is 6.68. The van der Waals surface area contributed by atoms with Crippen LogP contribution in [0.3, 0.4) is 0 Å². The number of likely N-dealkylation sites (tertiary alicyclic amines) is 1. The molecule has 0 unspecified atom stereocenters. The summed E-state index contributed by atoms with van der Waals surface area (Å²) in [6.45, 7) is 1.01. The Morgan fingerprint density at radius 2 is 2.14 bits per heavy atom. The van der Waals surface area contributed by atoms with Crippen LogP contribution in [-0.4, -0.2) is 62.1 Å². The van der Waals surface area contributed by atoms with Gasteiger partial charge in [-0.2, -0.15) is 5.26 Å². The van der Waals surface area contributed by atoms with E-state index in [0.717, 1.165) is 25.7 Å². The highest BCUT2D eigenvalue weighted by Gasteiger charge is 2.37. The van der Waals surface area contributed by atoms with Gasteiger partial charge in [0.25, 0.3) is 5.91 Å². The van der Waals surface area contributed by atoms with Crippen LogP contribution < -0.4 is 20.1 Å². The monoisotopic (exact) mass is 386 g/mol. The third-order valence-electron chi connectivity index (χ3n) is 5.32. The highest BCUT2D eigenvalue weighted by Crippen LogP contribution is 2.29. The van der Waals surface area contributed by atoms with E-state index < -0.39 is 0 Å². The number of ether oxygens (including phenoxy) is 2. The number of nitrogens with one attached hydrogen (secondary N) is 2. The first-order valence-electron chi connectivity index (χ1n) is 9.56. The third kappa shape index (κ3) is 4.20. The van der Waals surface area contributed by atoms with Gasteiger partial charge in [-0.1, -0.05) is 0 Å². The maximum absolute atomic E-state index is 12.7. The lowest BCUT2D eigenvalue weighted by atomic mass is 10.1. The first-order valence-corrected chi connectivity index (χ1v) is 9.56. The Bertz CT molecular complexity index is 776. The van der Waals surface area contributed by atoms with E-state index in [2.05, 4.69) is 16.7 Å². The lowest BCUT2D eigenvalue weighted by Crippen LogP contribution is -2.47. The maximum Gasteiger partial charge on any atom is 0.251 e. The van der Waals surface area contributed by atoms with E-state index in [1.807, 2.05) is 0 Å². The molecule has 2 aliphatic heterocycles. The number of methoxy groups -OCH3 is 1. The smallest absolute Gasteiger partial charge is 0.251 e. The van der Waals surface area contributed by atoms with Crippen molar-refractivity contribution in [2.45, 2.75) is 43.8 Å². The van der Waals surface area contributed by atoms with E-state index >= 15 is 0 Å². The molecule has 2 N–H and O–H groups in total. The van der Waals surface area contributed by atoms with Crippen LogP contribution in [0.2, 0.25) is 0 Å². The molecular weight excluding hydrogens is 360 g/mol. The van der Waals surface area contributed by atoms with Gasteiger partial charge < -0.3 is 19.7 Å². The number of hydrogen-bond acceptors (Lipinski definition) is 6. The van der Waals surface area contributed by atoms with Crippen LogP contribution in [0, 0.1) is 11.3 Å². The van der Waals surface area contributed by atoms with Gasteiger partial charge in [-0.3, -0.25) is 14.9 Å². The lowest BCUT2D eigenvalue weighted by Gasteiger charge is -2.24. The van der Waals surface area contributed by atoms with E-state index in [0.29, 0.717) is 30.2 Å². The second-order valence-corrected chi connectivity index (χ2v) is 7.07. The molecule has 0 aromatic heterocycles. The molecule has 0 saturated carbocycles. The molecule has 1 aromatic carbocycles. The Hall–Kier alpha value is -2.79. The number of amides is 2. The second kappa shape index (κ2) is 8.93. The van der Waals surface area contributed by atoms with Crippen LogP contribution in [0.1, 0.15) is 36.0 Å². The van der Waals surface area contributed by atoms with Crippen molar-refractivity contribution in [3.05, 3.63) is 23.8 Å². The summed E-state index contributed by atoms with van der Waals surface area (Å²) in [7, 11) is 3.12. The zero-order chi connectivity index (χ0) is 20.1. The molecule has 2 heterocycles. The second-order valence-electron chi connectivity index (χ2n) is 7.07. The SMILES string of the molecule is CNC(=O)c1ccc(OC)c(OC[C@H]2CC[C@@H](C(=O)N3CCC[C@H]3C#N)N2)c1. The molecule has 0 spiro atoms. The average Bonchev–Trinajstić information content (AvgIpc) is 3.40. The van der Waals surface area contributed by atoms with Crippen molar-refractivity contribution >= 4 is 11.8 Å². The molecule has 150 valence electrons. The van der Waals surface area contributed by atoms with E-state index in [1.54, 1.807) is 37.3 Å². The number of carbonyl (C=O) groups is 2. The van der Waals surface area contributed by atoms with Crippen LogP contribution in [0.15, 0.2) is 18.2 Å². The zero-order valence-corrected chi connectivity index (χ0v) is 16.2. The minimum Gasteiger partial charge on any atom is -0.493 e. The van der Waals surface area contributed by atoms with E-state index in [9.17, 15) is 14.9 Å². The number of nitriles is 1. The van der Waals surface area contributed by atoms with Gasteiger partial charge in [-0.15, -0.1) is 0 Å². The fourth-order valence-electron chi connectivity index (χ4n) is 3.78. The minimum absolute atomic E-state index is 0.00532. The standard InChI is InChI=1S/C20H26N4O4/c1-22-19(25)13-5-8-17(27-2)18(10-13)28-12-14-6-7-16(23-14)20(26)24-9-3-4-15(24)11-21/h5,8,10,14-16,23H,3-4,6-7,9,12H2,1-2H3,(H,22,25)/t14-,15+,16+/m1/s1. The van der Waals surface area contributed by atoms with E-state index in [4.69, 9.17) is 9.47 Å². The van der Waals surface area contributed by atoms with Crippen LogP contribution in [-0.2, 0) is 4.79 Å². The van der Waals surface area contributed by atoms with Gasteiger partial charge in [0.2, 0.25) is 5.91 Å². The quantitative estimate of drug-likeness (QED) is 0.758. The molecule has 0 radical (unpaired) electrons. The van der Waals surface area contributed by atoms with Crippen molar-refractivity contribution in [3.8, 4) is 17.6 Å². The lowest BCUT2D eigenvalue weighted by molar-refractivity contribution is -0.133. The Morgan fingerprint density at radius 1 is 1.32 bits per heavy atom. The van der Waals surface area contributed by atoms with Gasteiger partial charge in [0.1, 0.15) is 12.6 Å². The Kier molecular flexibility index (Phi) is 6.37. The van der Waals surface area contributed by atoms with Crippen LogP contribution >= 0.6 is 0 Å². The molecular formula is C20H26N4O4. The number of rotatable bonds is 6. The topological polar surface area (TPSA) is 104 Å². The summed E-state index contributed by atoms with van der Waals surface area (Å²) in [5, 5.41) is 15.1. The highest BCUT2D eigenvalue weighted by molar-refractivity contribution is 5.94. The number of carbonyl (C=O) groups excluding carboxylic acids is 2. The molecule has 0 aliphatic carbocycles. The van der Waals surface area contributed by atoms with Gasteiger partial charge in [-0.25, -0.2) is 0 Å². The molecule has 2 aliphatic rings. The summed E-state index contributed by atoms with van der Waals surface area (Å²) in [5.74, 6) is 0.844. The number of hydrogen-bond donors (Lipinski definition) is 2. The summed E-state index contributed by atoms with van der Waals surface area (Å²) >= 11 is 0. The van der Waals surface area contributed by atoms with Crippen LogP contribution in [0.4, 0.5) is 0 Å². The van der Waals surface area contributed by atoms with E-state index in [1.165, 1.54) is 0 Å². The predicted molar refractivity (Wildman–Crippen MR) is 102 cm³/mol. The normalized spacial score (nSPS) is 23.9. The summed E-state index contributed by atoms with van der Waals surface area (Å²) in [6.07, 6.45) is 3.16. The van der Waals surface area contributed by atoms with Crippen molar-refractivity contribution in [1.29, 1.82) is 5.26 Å². The number of nitrogens with zero attached hydrogens (tertiary/aromatic N) is 2. The Balaban J connectivity index is 1.58. The molecule has 8 heteroatoms. The predicted octanol–water partition coefficient (Wildman–Crippen LogP) is 1.07. The average molecular weight is 386 g/mol. The molecule has 0 bridgehead atoms. The molecule has 28 heavy (non-hydrogen) atoms. The molecule has 2 saturated heterocycles. The highest BCUT2D eigenvalue weighted by atomic mass is 16.5. The Morgan fingerprint density at radius 3 is 2.86 bits per heavy atom. The summed E-state index contributed by atoms with van der Waals surface area (Å²) in [5.41, 5.74) is 0.488. The van der Waals surface area contributed by atoms with Crippen molar-refractivity contribution < 1.29 is 19.1 Å². The van der Waals surface area contributed by atoms with Gasteiger partial charge in [-0.05, 0) is 43.9 Å². The van der Waals surface area contributed by atoms with Crippen molar-refractivity contribution in [1.82, 2.24) is 15.5 Å². The van der Waals surface area contributed by atoms with Gasteiger partial charge in [0, 0.05) is 25.2 Å². The van der Waals surface area contributed by atoms with Crippen molar-refractivity contribution in [2.75, 3.05) is 27.3 Å². The zero-order valence-electron chi connectivity index (χ0n) is 16.2. The van der Waals surface area contributed by atoms with Crippen LogP contribution in [0.25, 0.3) is 0 Å². The molecule has 8 nitrogen and oxygen atoms in total. The number of benzene rings is 1. The van der Waals surface area contributed by atoms with Gasteiger partial charge in [0.05, 0.1) is 19.2 Å².